The zero-order valence-corrected chi connectivity index (χ0v) is 14.3. The van der Waals surface area contributed by atoms with Gasteiger partial charge in [-0.1, -0.05) is 32.0 Å². The summed E-state index contributed by atoms with van der Waals surface area (Å²) in [4.78, 5) is 15.3. The topological polar surface area (TPSA) is 54.1 Å². The van der Waals surface area contributed by atoms with Gasteiger partial charge in [-0.2, -0.15) is 0 Å². The van der Waals surface area contributed by atoms with Crippen LogP contribution in [0.5, 0.6) is 0 Å². The summed E-state index contributed by atoms with van der Waals surface area (Å²) in [5, 5.41) is 4.09. The van der Waals surface area contributed by atoms with Crippen LogP contribution in [0.15, 0.2) is 24.3 Å². The van der Waals surface area contributed by atoms with Gasteiger partial charge in [0.1, 0.15) is 5.60 Å². The molecule has 0 radical (unpaired) electrons. The van der Waals surface area contributed by atoms with Crippen LogP contribution in [0, 0.1) is 6.92 Å². The number of carbonyl (C=O) groups is 1. The van der Waals surface area contributed by atoms with Crippen molar-refractivity contribution in [3.8, 4) is 0 Å². The summed E-state index contributed by atoms with van der Waals surface area (Å²) in [6, 6.07) is 8.25. The molecule has 2 rings (SSSR count). The SMILES string of the molecule is Cc1[nH]c2ccccc2c1C(C)(C)CNC(=O)OC(C)(C)C. The molecule has 0 bridgehead atoms. The minimum atomic E-state index is -0.481. The number of aromatic nitrogens is 1. The summed E-state index contributed by atoms with van der Waals surface area (Å²) in [5.74, 6) is 0. The zero-order valence-electron chi connectivity index (χ0n) is 14.3. The fourth-order valence-corrected chi connectivity index (χ4v) is 2.84. The van der Waals surface area contributed by atoms with Gasteiger partial charge in [0, 0.05) is 28.6 Å². The lowest BCUT2D eigenvalue weighted by molar-refractivity contribution is 0.0517. The molecule has 0 spiro atoms. The number of ether oxygens (including phenoxy) is 1. The monoisotopic (exact) mass is 302 g/mol. The first-order valence-electron chi connectivity index (χ1n) is 7.65. The molecule has 0 aliphatic heterocycles. The fraction of sp³-hybridized carbons (Fsp3) is 0.500. The van der Waals surface area contributed by atoms with Gasteiger partial charge in [0.25, 0.3) is 0 Å². The van der Waals surface area contributed by atoms with Crippen LogP contribution in [0.2, 0.25) is 0 Å². The predicted molar refractivity (Wildman–Crippen MR) is 90.3 cm³/mol. The Hall–Kier alpha value is -1.97. The number of aromatic amines is 1. The molecule has 4 nitrogen and oxygen atoms in total. The van der Waals surface area contributed by atoms with E-state index in [2.05, 4.69) is 43.2 Å². The number of fused-ring (bicyclic) bond motifs is 1. The molecule has 0 fully saturated rings. The second-order valence-corrected chi connectivity index (χ2v) is 7.41. The Morgan fingerprint density at radius 3 is 2.45 bits per heavy atom. The van der Waals surface area contributed by atoms with Crippen molar-refractivity contribution < 1.29 is 9.53 Å². The van der Waals surface area contributed by atoms with Crippen LogP contribution in [0.3, 0.4) is 0 Å². The van der Waals surface area contributed by atoms with Gasteiger partial charge in [-0.3, -0.25) is 0 Å². The Balaban J connectivity index is 2.19. The summed E-state index contributed by atoms with van der Waals surface area (Å²) in [7, 11) is 0. The van der Waals surface area contributed by atoms with Gasteiger partial charge < -0.3 is 15.0 Å². The number of hydrogen-bond acceptors (Lipinski definition) is 2. The normalized spacial score (nSPS) is 12.5. The average Bonchev–Trinajstić information content (AvgIpc) is 2.71. The number of alkyl carbamates (subject to hydrolysis) is 1. The van der Waals surface area contributed by atoms with Crippen molar-refractivity contribution in [2.75, 3.05) is 6.54 Å². The first kappa shape index (κ1) is 16.4. The third-order valence-electron chi connectivity index (χ3n) is 3.64. The van der Waals surface area contributed by atoms with E-state index in [1.807, 2.05) is 32.9 Å². The third-order valence-corrected chi connectivity index (χ3v) is 3.64. The van der Waals surface area contributed by atoms with Crippen LogP contribution in [0.4, 0.5) is 4.79 Å². The minimum absolute atomic E-state index is 0.194. The molecule has 0 aliphatic rings. The van der Waals surface area contributed by atoms with Crippen molar-refractivity contribution in [1.82, 2.24) is 10.3 Å². The van der Waals surface area contributed by atoms with Crippen molar-refractivity contribution >= 4 is 17.0 Å². The predicted octanol–water partition coefficient (Wildman–Crippen LogP) is 4.28. The van der Waals surface area contributed by atoms with Crippen molar-refractivity contribution in [1.29, 1.82) is 0 Å². The molecule has 2 N–H and O–H groups in total. The molecule has 1 heterocycles. The number of amides is 1. The molecule has 22 heavy (non-hydrogen) atoms. The average molecular weight is 302 g/mol. The van der Waals surface area contributed by atoms with Gasteiger partial charge in [0.05, 0.1) is 0 Å². The Morgan fingerprint density at radius 2 is 1.82 bits per heavy atom. The van der Waals surface area contributed by atoms with E-state index < -0.39 is 5.60 Å². The van der Waals surface area contributed by atoms with Gasteiger partial charge in [-0.25, -0.2) is 4.79 Å². The Morgan fingerprint density at radius 1 is 1.18 bits per heavy atom. The molecule has 120 valence electrons. The molecular weight excluding hydrogens is 276 g/mol. The molecular formula is C18H26N2O2. The molecule has 1 aromatic carbocycles. The highest BCUT2D eigenvalue weighted by Gasteiger charge is 2.28. The van der Waals surface area contributed by atoms with E-state index in [4.69, 9.17) is 4.74 Å². The molecule has 0 atom stereocenters. The molecule has 1 aromatic heterocycles. The summed E-state index contributed by atoms with van der Waals surface area (Å²) in [6.45, 7) is 12.4. The van der Waals surface area contributed by atoms with E-state index in [1.54, 1.807) is 0 Å². The first-order valence-corrected chi connectivity index (χ1v) is 7.65. The number of nitrogens with one attached hydrogen (secondary N) is 2. The second kappa shape index (κ2) is 5.67. The van der Waals surface area contributed by atoms with Gasteiger partial charge in [0.15, 0.2) is 0 Å². The Bertz CT molecular complexity index is 678. The summed E-state index contributed by atoms with van der Waals surface area (Å²) < 4.78 is 5.31. The first-order chi connectivity index (χ1) is 10.1. The van der Waals surface area contributed by atoms with Crippen molar-refractivity contribution in [3.05, 3.63) is 35.5 Å². The maximum atomic E-state index is 11.9. The highest BCUT2D eigenvalue weighted by atomic mass is 16.6. The number of benzene rings is 1. The van der Waals surface area contributed by atoms with Crippen LogP contribution in [-0.4, -0.2) is 23.2 Å². The molecule has 0 saturated carbocycles. The van der Waals surface area contributed by atoms with Gasteiger partial charge in [-0.05, 0) is 39.3 Å². The minimum Gasteiger partial charge on any atom is -0.444 e. The van der Waals surface area contributed by atoms with Crippen LogP contribution in [-0.2, 0) is 10.2 Å². The standard InChI is InChI=1S/C18H26N2O2/c1-12-15(13-9-7-8-10-14(13)20-12)18(5,6)11-19-16(21)22-17(2,3)4/h7-10,20H,11H2,1-6H3,(H,19,21). The van der Waals surface area contributed by atoms with E-state index in [1.165, 1.54) is 10.9 Å². The summed E-state index contributed by atoms with van der Waals surface area (Å²) in [6.07, 6.45) is -0.377. The molecule has 0 saturated heterocycles. The molecule has 0 aliphatic carbocycles. The van der Waals surface area contributed by atoms with E-state index >= 15 is 0 Å². The summed E-state index contributed by atoms with van der Waals surface area (Å²) in [5.41, 5.74) is 2.82. The van der Waals surface area contributed by atoms with E-state index in [-0.39, 0.29) is 11.5 Å². The van der Waals surface area contributed by atoms with Gasteiger partial charge in [-0.15, -0.1) is 0 Å². The van der Waals surface area contributed by atoms with Crippen LogP contribution >= 0.6 is 0 Å². The number of carbonyl (C=O) groups excluding carboxylic acids is 1. The second-order valence-electron chi connectivity index (χ2n) is 7.41. The van der Waals surface area contributed by atoms with Gasteiger partial charge in [0.2, 0.25) is 0 Å². The van der Waals surface area contributed by atoms with Gasteiger partial charge >= 0.3 is 6.09 Å². The highest BCUT2D eigenvalue weighted by molar-refractivity contribution is 5.85. The largest absolute Gasteiger partial charge is 0.444 e. The fourth-order valence-electron chi connectivity index (χ4n) is 2.84. The third kappa shape index (κ3) is 3.62. The van der Waals surface area contributed by atoms with Crippen LogP contribution < -0.4 is 5.32 Å². The van der Waals surface area contributed by atoms with E-state index in [0.717, 1.165) is 11.2 Å². The number of para-hydroxylation sites is 1. The number of hydrogen-bond donors (Lipinski definition) is 2. The maximum Gasteiger partial charge on any atom is 0.407 e. The Kier molecular flexibility index (Phi) is 4.23. The number of aryl methyl sites for hydroxylation is 1. The lowest BCUT2D eigenvalue weighted by Crippen LogP contribution is -2.40. The quantitative estimate of drug-likeness (QED) is 0.889. The molecule has 1 amide bonds. The summed E-state index contributed by atoms with van der Waals surface area (Å²) >= 11 is 0. The number of rotatable bonds is 3. The van der Waals surface area contributed by atoms with Crippen molar-refractivity contribution in [2.45, 2.75) is 52.6 Å². The van der Waals surface area contributed by atoms with Crippen molar-refractivity contribution in [2.24, 2.45) is 0 Å². The van der Waals surface area contributed by atoms with Crippen LogP contribution in [0.1, 0.15) is 45.9 Å². The van der Waals surface area contributed by atoms with E-state index in [9.17, 15) is 4.79 Å². The molecule has 4 heteroatoms. The number of H-pyrrole nitrogens is 1. The van der Waals surface area contributed by atoms with Crippen LogP contribution in [0.25, 0.3) is 10.9 Å². The molecule has 2 aromatic rings. The maximum absolute atomic E-state index is 11.9. The smallest absolute Gasteiger partial charge is 0.407 e. The lowest BCUT2D eigenvalue weighted by Gasteiger charge is -2.27. The highest BCUT2D eigenvalue weighted by Crippen LogP contribution is 2.33. The molecule has 0 unspecified atom stereocenters. The zero-order chi connectivity index (χ0) is 16.5. The Labute approximate surface area is 132 Å². The van der Waals surface area contributed by atoms with E-state index in [0.29, 0.717) is 6.54 Å². The van der Waals surface area contributed by atoms with Crippen molar-refractivity contribution in [3.63, 3.8) is 0 Å². The lowest BCUT2D eigenvalue weighted by atomic mass is 9.82.